The Morgan fingerprint density at radius 2 is 1.89 bits per heavy atom. The van der Waals surface area contributed by atoms with Crippen LogP contribution in [-0.2, 0) is 0 Å². The smallest absolute Gasteiger partial charge is 0.323 e. The molecule has 0 saturated heterocycles. The predicted molar refractivity (Wildman–Crippen MR) is 63.6 cm³/mol. The molecule has 2 aromatic rings. The van der Waals surface area contributed by atoms with Crippen LogP contribution in [-0.4, -0.2) is 21.2 Å². The van der Waals surface area contributed by atoms with Crippen LogP contribution in [0, 0.1) is 0 Å². The van der Waals surface area contributed by atoms with Crippen LogP contribution in [0.25, 0.3) is 5.69 Å². The van der Waals surface area contributed by atoms with E-state index in [1.807, 2.05) is 18.2 Å². The summed E-state index contributed by atoms with van der Waals surface area (Å²) in [5, 5.41) is 7.57. The number of benzene rings is 1. The Morgan fingerprint density at radius 1 is 1.21 bits per heavy atom. The zero-order chi connectivity index (χ0) is 13.9. The first kappa shape index (κ1) is 13.5. The number of alkyl halides is 3. The molecule has 7 heteroatoms. The minimum atomic E-state index is -4.21. The highest BCUT2D eigenvalue weighted by atomic mass is 19.4. The number of nitrogens with two attached hydrogens (primary N) is 1. The van der Waals surface area contributed by atoms with Crippen LogP contribution >= 0.6 is 0 Å². The minimum absolute atomic E-state index is 0.191. The van der Waals surface area contributed by atoms with Gasteiger partial charge in [0.25, 0.3) is 0 Å². The number of rotatable bonds is 4. The molecular weight excluding hydrogens is 257 g/mol. The lowest BCUT2D eigenvalue weighted by Crippen LogP contribution is -2.18. The van der Waals surface area contributed by atoms with Gasteiger partial charge in [0.05, 0.1) is 17.6 Å². The standard InChI is InChI=1S/C12H13F3N4/c13-12(14,15)7-6-10(16)11-8-17-18-19(11)9-4-2-1-3-5-9/h1-5,8,10H,6-7,16H2. The first-order valence-corrected chi connectivity index (χ1v) is 5.76. The van der Waals surface area contributed by atoms with Crippen molar-refractivity contribution in [2.45, 2.75) is 25.1 Å². The summed E-state index contributed by atoms with van der Waals surface area (Å²) in [5.41, 5.74) is 6.97. The van der Waals surface area contributed by atoms with Gasteiger partial charge < -0.3 is 5.73 Å². The summed E-state index contributed by atoms with van der Waals surface area (Å²) in [7, 11) is 0. The molecule has 1 unspecified atom stereocenters. The molecule has 2 rings (SSSR count). The third-order valence-electron chi connectivity index (χ3n) is 2.70. The van der Waals surface area contributed by atoms with E-state index in [-0.39, 0.29) is 6.42 Å². The molecule has 102 valence electrons. The molecule has 1 aromatic heterocycles. The largest absolute Gasteiger partial charge is 0.389 e. The number of para-hydroxylation sites is 1. The second-order valence-electron chi connectivity index (χ2n) is 4.17. The molecule has 0 radical (unpaired) electrons. The summed E-state index contributed by atoms with van der Waals surface area (Å²) in [5.74, 6) is 0. The Morgan fingerprint density at radius 3 is 2.53 bits per heavy atom. The van der Waals surface area contributed by atoms with E-state index in [1.54, 1.807) is 12.1 Å². The molecule has 1 atom stereocenters. The molecule has 1 heterocycles. The lowest BCUT2D eigenvalue weighted by Gasteiger charge is -2.14. The summed E-state index contributed by atoms with van der Waals surface area (Å²) < 4.78 is 38.0. The number of halogens is 3. The first-order valence-electron chi connectivity index (χ1n) is 5.76. The van der Waals surface area contributed by atoms with Gasteiger partial charge in [-0.3, -0.25) is 0 Å². The molecular formula is C12H13F3N4. The van der Waals surface area contributed by atoms with Crippen molar-refractivity contribution in [2.75, 3.05) is 0 Å². The maximum atomic E-state index is 12.2. The second-order valence-corrected chi connectivity index (χ2v) is 4.17. The second kappa shape index (κ2) is 5.40. The van der Waals surface area contributed by atoms with E-state index >= 15 is 0 Å². The predicted octanol–water partition coefficient (Wildman–Crippen LogP) is 2.61. The van der Waals surface area contributed by atoms with Crippen molar-refractivity contribution in [3.63, 3.8) is 0 Å². The molecule has 19 heavy (non-hydrogen) atoms. The van der Waals surface area contributed by atoms with Crippen molar-refractivity contribution < 1.29 is 13.2 Å². The van der Waals surface area contributed by atoms with Gasteiger partial charge in [0.2, 0.25) is 0 Å². The van der Waals surface area contributed by atoms with E-state index in [4.69, 9.17) is 5.73 Å². The van der Waals surface area contributed by atoms with Crippen LogP contribution in [0.15, 0.2) is 36.5 Å². The molecule has 0 bridgehead atoms. The lowest BCUT2D eigenvalue weighted by molar-refractivity contribution is -0.136. The summed E-state index contributed by atoms with van der Waals surface area (Å²) >= 11 is 0. The number of hydrogen-bond donors (Lipinski definition) is 1. The normalized spacial score (nSPS) is 13.5. The van der Waals surface area contributed by atoms with Gasteiger partial charge in [-0.05, 0) is 18.6 Å². The van der Waals surface area contributed by atoms with Crippen LogP contribution in [0.5, 0.6) is 0 Å². The van der Waals surface area contributed by atoms with E-state index in [1.165, 1.54) is 10.9 Å². The molecule has 1 aromatic carbocycles. The topological polar surface area (TPSA) is 56.7 Å². The molecule has 0 saturated carbocycles. The van der Waals surface area contributed by atoms with Gasteiger partial charge in [-0.25, -0.2) is 4.68 Å². The van der Waals surface area contributed by atoms with Gasteiger partial charge in [0.1, 0.15) is 0 Å². The molecule has 0 aliphatic carbocycles. The SMILES string of the molecule is NC(CCC(F)(F)F)c1cnnn1-c1ccccc1. The summed E-state index contributed by atoms with van der Waals surface area (Å²) in [4.78, 5) is 0. The van der Waals surface area contributed by atoms with Crippen molar-refractivity contribution in [2.24, 2.45) is 5.73 Å². The molecule has 0 spiro atoms. The van der Waals surface area contributed by atoms with E-state index in [9.17, 15) is 13.2 Å². The third kappa shape index (κ3) is 3.54. The van der Waals surface area contributed by atoms with Crippen LogP contribution in [0.2, 0.25) is 0 Å². The highest BCUT2D eigenvalue weighted by Crippen LogP contribution is 2.26. The van der Waals surface area contributed by atoms with Crippen molar-refractivity contribution >= 4 is 0 Å². The zero-order valence-electron chi connectivity index (χ0n) is 10.0. The van der Waals surface area contributed by atoms with Gasteiger partial charge in [0, 0.05) is 12.5 Å². The fourth-order valence-corrected chi connectivity index (χ4v) is 1.73. The van der Waals surface area contributed by atoms with E-state index in [2.05, 4.69) is 10.3 Å². The molecule has 0 amide bonds. The molecule has 4 nitrogen and oxygen atoms in total. The van der Waals surface area contributed by atoms with Crippen molar-refractivity contribution in [1.82, 2.24) is 15.0 Å². The Bertz CT molecular complexity index is 521. The highest BCUT2D eigenvalue weighted by molar-refractivity contribution is 5.32. The first-order chi connectivity index (χ1) is 8.97. The summed E-state index contributed by atoms with van der Waals surface area (Å²) in [6.45, 7) is 0. The van der Waals surface area contributed by atoms with Gasteiger partial charge in [0.15, 0.2) is 0 Å². The minimum Gasteiger partial charge on any atom is -0.323 e. The van der Waals surface area contributed by atoms with Crippen LogP contribution < -0.4 is 5.73 Å². The van der Waals surface area contributed by atoms with E-state index in [0.717, 1.165) is 5.69 Å². The van der Waals surface area contributed by atoms with E-state index in [0.29, 0.717) is 5.69 Å². The Hall–Kier alpha value is -1.89. The van der Waals surface area contributed by atoms with Crippen molar-refractivity contribution in [1.29, 1.82) is 0 Å². The maximum Gasteiger partial charge on any atom is 0.389 e. The highest BCUT2D eigenvalue weighted by Gasteiger charge is 2.28. The summed E-state index contributed by atoms with van der Waals surface area (Å²) in [6.07, 6.45) is -3.92. The summed E-state index contributed by atoms with van der Waals surface area (Å²) in [6, 6.07) is 8.27. The van der Waals surface area contributed by atoms with Gasteiger partial charge in [-0.2, -0.15) is 13.2 Å². The van der Waals surface area contributed by atoms with E-state index < -0.39 is 18.6 Å². The average Bonchev–Trinajstić information content (AvgIpc) is 2.85. The van der Waals surface area contributed by atoms with Gasteiger partial charge >= 0.3 is 6.18 Å². The fraction of sp³-hybridized carbons (Fsp3) is 0.333. The lowest BCUT2D eigenvalue weighted by atomic mass is 10.1. The van der Waals surface area contributed by atoms with Gasteiger partial charge in [-0.1, -0.05) is 23.4 Å². The average molecular weight is 270 g/mol. The monoisotopic (exact) mass is 270 g/mol. The number of hydrogen-bond acceptors (Lipinski definition) is 3. The Kier molecular flexibility index (Phi) is 3.84. The van der Waals surface area contributed by atoms with Crippen LogP contribution in [0.3, 0.4) is 0 Å². The van der Waals surface area contributed by atoms with Crippen LogP contribution in [0.1, 0.15) is 24.6 Å². The number of aromatic nitrogens is 3. The fourth-order valence-electron chi connectivity index (χ4n) is 1.73. The molecule has 2 N–H and O–H groups in total. The molecule has 0 fully saturated rings. The van der Waals surface area contributed by atoms with Crippen molar-refractivity contribution in [3.05, 3.63) is 42.2 Å². The van der Waals surface area contributed by atoms with Crippen LogP contribution in [0.4, 0.5) is 13.2 Å². The third-order valence-corrected chi connectivity index (χ3v) is 2.70. The molecule has 0 aliphatic rings. The Labute approximate surface area is 108 Å². The quantitative estimate of drug-likeness (QED) is 0.929. The maximum absolute atomic E-state index is 12.2. The molecule has 0 aliphatic heterocycles. The zero-order valence-corrected chi connectivity index (χ0v) is 10.0. The number of nitrogens with zero attached hydrogens (tertiary/aromatic N) is 3. The van der Waals surface area contributed by atoms with Crippen molar-refractivity contribution in [3.8, 4) is 5.69 Å². The Balaban J connectivity index is 2.16. The van der Waals surface area contributed by atoms with Gasteiger partial charge in [-0.15, -0.1) is 5.10 Å².